The third kappa shape index (κ3) is 3.32. The Morgan fingerprint density at radius 1 is 1.30 bits per heavy atom. The lowest BCUT2D eigenvalue weighted by atomic mass is 10.2. The van der Waals surface area contributed by atoms with Gasteiger partial charge < -0.3 is 10.3 Å². The van der Waals surface area contributed by atoms with Crippen molar-refractivity contribution in [1.82, 2.24) is 14.5 Å². The van der Waals surface area contributed by atoms with Crippen LogP contribution in [-0.2, 0) is 6.54 Å². The molecule has 0 fully saturated rings. The lowest BCUT2D eigenvalue weighted by molar-refractivity contribution is 0.0993. The number of amides is 1. The van der Waals surface area contributed by atoms with Crippen molar-refractivity contribution in [2.24, 2.45) is 4.99 Å². The maximum Gasteiger partial charge on any atom is 0.302 e. The van der Waals surface area contributed by atoms with E-state index in [1.165, 1.54) is 29.8 Å². The first-order valence-electron chi connectivity index (χ1n) is 6.68. The third-order valence-electron chi connectivity index (χ3n) is 3.08. The van der Waals surface area contributed by atoms with Crippen LogP contribution in [0.1, 0.15) is 16.1 Å². The van der Waals surface area contributed by atoms with E-state index in [0.717, 1.165) is 0 Å². The summed E-state index contributed by atoms with van der Waals surface area (Å²) in [5.74, 6) is -0.861. The quantitative estimate of drug-likeness (QED) is 0.794. The molecule has 0 radical (unpaired) electrons. The molecule has 0 aliphatic carbocycles. The largest absolute Gasteiger partial charge is 0.382 e. The number of carbonyl (C=O) groups excluding carboxylic acids is 1. The number of hydrogen-bond donors (Lipinski definition) is 1. The number of anilines is 1. The molecule has 1 aromatic carbocycles. The van der Waals surface area contributed by atoms with Crippen molar-refractivity contribution in [2.45, 2.75) is 6.54 Å². The number of benzene rings is 1. The molecule has 2 heterocycles. The van der Waals surface area contributed by atoms with Crippen LogP contribution in [0.25, 0.3) is 0 Å². The van der Waals surface area contributed by atoms with E-state index in [1.54, 1.807) is 34.3 Å². The highest BCUT2D eigenvalue weighted by Crippen LogP contribution is 2.09. The van der Waals surface area contributed by atoms with Crippen LogP contribution in [0.2, 0.25) is 0 Å². The molecule has 0 bridgehead atoms. The van der Waals surface area contributed by atoms with Crippen molar-refractivity contribution in [3.8, 4) is 0 Å². The molecule has 0 spiro atoms. The van der Waals surface area contributed by atoms with Crippen molar-refractivity contribution in [3.63, 3.8) is 0 Å². The lowest BCUT2D eigenvalue weighted by Crippen LogP contribution is -2.18. The van der Waals surface area contributed by atoms with Crippen molar-refractivity contribution < 1.29 is 9.18 Å². The summed E-state index contributed by atoms with van der Waals surface area (Å²) in [5, 5.41) is 1.77. The van der Waals surface area contributed by atoms with Crippen molar-refractivity contribution in [3.05, 3.63) is 70.1 Å². The second kappa shape index (κ2) is 6.49. The number of halogens is 1. The van der Waals surface area contributed by atoms with Crippen molar-refractivity contribution in [2.75, 3.05) is 5.73 Å². The molecule has 23 heavy (non-hydrogen) atoms. The SMILES string of the molecule is Nc1nccnc1C(=O)N=c1sccn1Cc1ccccc1F. The van der Waals surface area contributed by atoms with Gasteiger partial charge in [-0.1, -0.05) is 18.2 Å². The molecule has 6 nitrogen and oxygen atoms in total. The Morgan fingerprint density at radius 3 is 2.87 bits per heavy atom. The molecule has 3 rings (SSSR count). The van der Waals surface area contributed by atoms with Crippen LogP contribution >= 0.6 is 11.3 Å². The summed E-state index contributed by atoms with van der Waals surface area (Å²) in [6.07, 6.45) is 4.51. The summed E-state index contributed by atoms with van der Waals surface area (Å²) in [6.45, 7) is 0.276. The number of aromatic nitrogens is 3. The first kappa shape index (κ1) is 15.0. The average Bonchev–Trinajstić information content (AvgIpc) is 2.97. The van der Waals surface area contributed by atoms with Gasteiger partial charge in [-0.3, -0.25) is 4.79 Å². The zero-order valence-corrected chi connectivity index (χ0v) is 12.7. The fourth-order valence-corrected chi connectivity index (χ4v) is 2.70. The number of nitrogen functional groups attached to an aromatic ring is 1. The summed E-state index contributed by atoms with van der Waals surface area (Å²) in [4.78, 5) is 24.3. The number of nitrogens with zero attached hydrogens (tertiary/aromatic N) is 4. The van der Waals surface area contributed by atoms with Gasteiger partial charge in [-0.25, -0.2) is 14.4 Å². The van der Waals surface area contributed by atoms with Gasteiger partial charge >= 0.3 is 5.91 Å². The fourth-order valence-electron chi connectivity index (χ4n) is 1.97. The second-order valence-electron chi connectivity index (χ2n) is 4.61. The minimum absolute atomic E-state index is 0.00154. The Balaban J connectivity index is 1.93. The molecule has 116 valence electrons. The highest BCUT2D eigenvalue weighted by Gasteiger charge is 2.11. The standard InChI is InChI=1S/C15H12FN5OS/c16-11-4-2-1-3-10(11)9-21-7-8-23-15(21)20-14(22)12-13(17)19-6-5-18-12/h1-8H,9H2,(H2,17,19). The van der Waals surface area contributed by atoms with E-state index in [4.69, 9.17) is 5.73 Å². The predicted molar refractivity (Wildman–Crippen MR) is 84.1 cm³/mol. The third-order valence-corrected chi connectivity index (χ3v) is 3.88. The minimum atomic E-state index is -0.583. The number of nitrogens with two attached hydrogens (primary N) is 1. The molecule has 3 aromatic rings. The minimum Gasteiger partial charge on any atom is -0.382 e. The molecular formula is C15H12FN5OS. The van der Waals surface area contributed by atoms with E-state index in [-0.39, 0.29) is 23.9 Å². The molecule has 8 heteroatoms. The van der Waals surface area contributed by atoms with Gasteiger partial charge in [0.15, 0.2) is 16.3 Å². The van der Waals surface area contributed by atoms with Gasteiger partial charge in [0.25, 0.3) is 0 Å². The average molecular weight is 329 g/mol. The van der Waals surface area contributed by atoms with Gasteiger partial charge in [-0.2, -0.15) is 4.99 Å². The molecule has 0 unspecified atom stereocenters. The van der Waals surface area contributed by atoms with Gasteiger partial charge in [-0.15, -0.1) is 11.3 Å². The summed E-state index contributed by atoms with van der Waals surface area (Å²) in [7, 11) is 0. The summed E-state index contributed by atoms with van der Waals surface area (Å²) in [5.41, 5.74) is 6.14. The van der Waals surface area contributed by atoms with E-state index >= 15 is 0 Å². The van der Waals surface area contributed by atoms with E-state index in [2.05, 4.69) is 15.0 Å². The van der Waals surface area contributed by atoms with Crippen LogP contribution in [0.3, 0.4) is 0 Å². The number of rotatable bonds is 3. The van der Waals surface area contributed by atoms with Crippen LogP contribution in [0, 0.1) is 5.82 Å². The van der Waals surface area contributed by atoms with Gasteiger partial charge in [0.2, 0.25) is 0 Å². The highest BCUT2D eigenvalue weighted by molar-refractivity contribution is 7.07. The van der Waals surface area contributed by atoms with Crippen LogP contribution in [-0.4, -0.2) is 20.4 Å². The van der Waals surface area contributed by atoms with E-state index < -0.39 is 5.91 Å². The molecule has 2 aromatic heterocycles. The van der Waals surface area contributed by atoms with Crippen LogP contribution in [0.4, 0.5) is 10.2 Å². The topological polar surface area (TPSA) is 86.2 Å². The number of carbonyl (C=O) groups is 1. The second-order valence-corrected chi connectivity index (χ2v) is 5.49. The summed E-state index contributed by atoms with van der Waals surface area (Å²) >= 11 is 1.27. The summed E-state index contributed by atoms with van der Waals surface area (Å²) in [6, 6.07) is 6.47. The Kier molecular flexibility index (Phi) is 4.24. The first-order chi connectivity index (χ1) is 11.1. The normalized spacial score (nSPS) is 11.6. The molecule has 0 aliphatic rings. The van der Waals surface area contributed by atoms with Crippen molar-refractivity contribution in [1.29, 1.82) is 0 Å². The molecule has 0 atom stereocenters. The number of thiazole rings is 1. The Labute approximate surface area is 134 Å². The fraction of sp³-hybridized carbons (Fsp3) is 0.0667. The van der Waals surface area contributed by atoms with Crippen LogP contribution in [0.5, 0.6) is 0 Å². The zero-order chi connectivity index (χ0) is 16.2. The zero-order valence-electron chi connectivity index (χ0n) is 11.9. The van der Waals surface area contributed by atoms with E-state index in [9.17, 15) is 9.18 Å². The smallest absolute Gasteiger partial charge is 0.302 e. The molecule has 0 saturated carbocycles. The number of hydrogen-bond acceptors (Lipinski definition) is 5. The van der Waals surface area contributed by atoms with Gasteiger partial charge in [0.05, 0.1) is 6.54 Å². The van der Waals surface area contributed by atoms with Crippen molar-refractivity contribution >= 4 is 23.1 Å². The molecule has 2 N–H and O–H groups in total. The van der Waals surface area contributed by atoms with Crippen LogP contribution in [0.15, 0.2) is 53.2 Å². The maximum absolute atomic E-state index is 13.8. The highest BCUT2D eigenvalue weighted by atomic mass is 32.1. The molecular weight excluding hydrogens is 317 g/mol. The van der Waals surface area contributed by atoms with Gasteiger partial charge in [-0.05, 0) is 6.07 Å². The Morgan fingerprint density at radius 2 is 2.09 bits per heavy atom. The summed E-state index contributed by atoms with van der Waals surface area (Å²) < 4.78 is 15.4. The van der Waals surface area contributed by atoms with Crippen LogP contribution < -0.4 is 10.5 Å². The maximum atomic E-state index is 13.8. The molecule has 0 saturated heterocycles. The molecule has 0 aliphatic heterocycles. The van der Waals surface area contributed by atoms with Gasteiger partial charge in [0, 0.05) is 29.5 Å². The predicted octanol–water partition coefficient (Wildman–Crippen LogP) is 1.85. The first-order valence-corrected chi connectivity index (χ1v) is 7.56. The monoisotopic (exact) mass is 329 g/mol. The van der Waals surface area contributed by atoms with E-state index in [0.29, 0.717) is 10.4 Å². The Bertz CT molecular complexity index is 918. The molecule has 1 amide bonds. The van der Waals surface area contributed by atoms with E-state index in [1.807, 2.05) is 0 Å². The van der Waals surface area contributed by atoms with Gasteiger partial charge in [0.1, 0.15) is 5.82 Å². The Hall–Kier alpha value is -2.87. The lowest BCUT2D eigenvalue weighted by Gasteiger charge is -2.04.